The molecule has 0 unspecified atom stereocenters. The van der Waals surface area contributed by atoms with Gasteiger partial charge >= 0.3 is 10.2 Å². The Bertz CT molecular complexity index is 642. The average Bonchev–Trinajstić information content (AvgIpc) is 2.79. The Morgan fingerprint density at radius 2 is 1.78 bits per heavy atom. The first kappa shape index (κ1) is 12.8. The molecule has 0 aliphatic heterocycles. The SMILES string of the molecule is Cc1ccc(-c2nccn2S(=O)(=O)N(C)C)cc1. The van der Waals surface area contributed by atoms with E-state index in [2.05, 4.69) is 4.98 Å². The third kappa shape index (κ3) is 2.16. The number of rotatable bonds is 3. The largest absolute Gasteiger partial charge is 0.308 e. The molecular weight excluding hydrogens is 250 g/mol. The number of benzene rings is 1. The summed E-state index contributed by atoms with van der Waals surface area (Å²) in [6.45, 7) is 1.98. The second-order valence-corrected chi connectivity index (χ2v) is 6.22. The van der Waals surface area contributed by atoms with E-state index in [4.69, 9.17) is 0 Å². The van der Waals surface area contributed by atoms with Gasteiger partial charge in [-0.15, -0.1) is 0 Å². The molecule has 0 radical (unpaired) electrons. The molecule has 0 saturated carbocycles. The van der Waals surface area contributed by atoms with Gasteiger partial charge in [0.25, 0.3) is 0 Å². The van der Waals surface area contributed by atoms with Gasteiger partial charge in [0.05, 0.1) is 0 Å². The number of hydrogen-bond donors (Lipinski definition) is 0. The normalized spacial score (nSPS) is 12.0. The second-order valence-electron chi connectivity index (χ2n) is 4.20. The number of nitrogens with zero attached hydrogens (tertiary/aromatic N) is 3. The van der Waals surface area contributed by atoms with Crippen molar-refractivity contribution in [3.63, 3.8) is 0 Å². The van der Waals surface area contributed by atoms with E-state index in [1.54, 1.807) is 0 Å². The molecule has 0 fully saturated rings. The Hall–Kier alpha value is -1.66. The minimum atomic E-state index is -3.53. The highest BCUT2D eigenvalue weighted by Crippen LogP contribution is 2.20. The molecule has 0 aliphatic carbocycles. The Kier molecular flexibility index (Phi) is 3.23. The Morgan fingerprint density at radius 3 is 2.33 bits per heavy atom. The zero-order chi connectivity index (χ0) is 13.3. The van der Waals surface area contributed by atoms with E-state index >= 15 is 0 Å². The van der Waals surface area contributed by atoms with Crippen LogP contribution >= 0.6 is 0 Å². The van der Waals surface area contributed by atoms with Gasteiger partial charge in [0.1, 0.15) is 0 Å². The lowest BCUT2D eigenvalue weighted by Crippen LogP contribution is -2.28. The van der Waals surface area contributed by atoms with Gasteiger partial charge in [0.2, 0.25) is 0 Å². The topological polar surface area (TPSA) is 55.2 Å². The van der Waals surface area contributed by atoms with Gasteiger partial charge in [-0.2, -0.15) is 12.7 Å². The van der Waals surface area contributed by atoms with Gasteiger partial charge in [-0.05, 0) is 6.92 Å². The van der Waals surface area contributed by atoms with Crippen LogP contribution in [0.2, 0.25) is 0 Å². The molecule has 6 heteroatoms. The Labute approximate surface area is 107 Å². The van der Waals surface area contributed by atoms with Crippen LogP contribution in [0.4, 0.5) is 0 Å². The van der Waals surface area contributed by atoms with Crippen molar-refractivity contribution in [3.8, 4) is 11.4 Å². The van der Waals surface area contributed by atoms with Crippen molar-refractivity contribution in [2.75, 3.05) is 14.1 Å². The van der Waals surface area contributed by atoms with Crippen molar-refractivity contribution in [2.24, 2.45) is 0 Å². The lowest BCUT2D eigenvalue weighted by molar-refractivity contribution is 0.511. The van der Waals surface area contributed by atoms with Gasteiger partial charge in [0.15, 0.2) is 5.82 Å². The summed E-state index contributed by atoms with van der Waals surface area (Å²) in [4.78, 5) is 4.12. The van der Waals surface area contributed by atoms with E-state index in [9.17, 15) is 8.42 Å². The van der Waals surface area contributed by atoms with Crippen LogP contribution in [0, 0.1) is 6.92 Å². The first-order chi connectivity index (χ1) is 8.43. The maximum atomic E-state index is 12.1. The molecule has 1 aromatic heterocycles. The first-order valence-electron chi connectivity index (χ1n) is 5.46. The van der Waals surface area contributed by atoms with Crippen molar-refractivity contribution >= 4 is 10.2 Å². The van der Waals surface area contributed by atoms with Gasteiger partial charge in [-0.25, -0.2) is 8.96 Å². The molecule has 2 aromatic rings. The van der Waals surface area contributed by atoms with Crippen molar-refractivity contribution in [1.82, 2.24) is 13.3 Å². The number of hydrogen-bond acceptors (Lipinski definition) is 3. The fraction of sp³-hybridized carbons (Fsp3) is 0.250. The van der Waals surface area contributed by atoms with E-state index < -0.39 is 10.2 Å². The van der Waals surface area contributed by atoms with Crippen LogP contribution in [-0.4, -0.2) is 35.8 Å². The molecular formula is C12H15N3O2S. The maximum absolute atomic E-state index is 12.1. The summed E-state index contributed by atoms with van der Waals surface area (Å²) in [5.74, 6) is 0.420. The molecule has 0 atom stereocenters. The standard InChI is InChI=1S/C12H15N3O2S/c1-10-4-6-11(7-5-10)12-13-8-9-15(12)18(16,17)14(2)3/h4-9H,1-3H3. The third-order valence-electron chi connectivity index (χ3n) is 2.63. The van der Waals surface area contributed by atoms with Crippen LogP contribution in [0.1, 0.15) is 5.56 Å². The zero-order valence-corrected chi connectivity index (χ0v) is 11.3. The molecule has 0 N–H and O–H groups in total. The summed E-state index contributed by atoms with van der Waals surface area (Å²) in [7, 11) is -0.546. The quantitative estimate of drug-likeness (QED) is 0.845. The predicted octanol–water partition coefficient (Wildman–Crippen LogP) is 1.51. The van der Waals surface area contributed by atoms with Crippen LogP contribution in [0.15, 0.2) is 36.7 Å². The van der Waals surface area contributed by atoms with E-state index in [1.165, 1.54) is 30.5 Å². The van der Waals surface area contributed by atoms with Gasteiger partial charge in [-0.1, -0.05) is 29.8 Å². The minimum absolute atomic E-state index is 0.420. The van der Waals surface area contributed by atoms with E-state index in [0.29, 0.717) is 5.82 Å². The van der Waals surface area contributed by atoms with Crippen molar-refractivity contribution in [1.29, 1.82) is 0 Å². The fourth-order valence-electron chi connectivity index (χ4n) is 1.56. The van der Waals surface area contributed by atoms with E-state index in [0.717, 1.165) is 15.4 Å². The Balaban J connectivity index is 2.56. The molecule has 5 nitrogen and oxygen atoms in total. The molecule has 0 aliphatic rings. The highest BCUT2D eigenvalue weighted by atomic mass is 32.2. The fourth-order valence-corrected chi connectivity index (χ4v) is 2.49. The van der Waals surface area contributed by atoms with Gasteiger partial charge in [-0.3, -0.25) is 0 Å². The summed E-state index contributed by atoms with van der Waals surface area (Å²) < 4.78 is 26.5. The van der Waals surface area contributed by atoms with Gasteiger partial charge in [0, 0.05) is 32.1 Å². The summed E-state index contributed by atoms with van der Waals surface area (Å²) in [5, 5.41) is 0. The van der Waals surface area contributed by atoms with Crippen LogP contribution in [0.3, 0.4) is 0 Å². The van der Waals surface area contributed by atoms with Crippen molar-refractivity contribution < 1.29 is 8.42 Å². The summed E-state index contributed by atoms with van der Waals surface area (Å²) in [6.07, 6.45) is 2.93. The van der Waals surface area contributed by atoms with Crippen LogP contribution in [0.5, 0.6) is 0 Å². The highest BCUT2D eigenvalue weighted by Gasteiger charge is 2.20. The molecule has 0 saturated heterocycles. The van der Waals surface area contributed by atoms with Crippen LogP contribution in [0.25, 0.3) is 11.4 Å². The van der Waals surface area contributed by atoms with Crippen LogP contribution < -0.4 is 0 Å². The average molecular weight is 265 g/mol. The van der Waals surface area contributed by atoms with E-state index in [-0.39, 0.29) is 0 Å². The summed E-state index contributed by atoms with van der Waals surface area (Å²) in [6, 6.07) is 7.58. The zero-order valence-electron chi connectivity index (χ0n) is 10.5. The summed E-state index contributed by atoms with van der Waals surface area (Å²) >= 11 is 0. The number of aromatic nitrogens is 2. The molecule has 96 valence electrons. The lowest BCUT2D eigenvalue weighted by atomic mass is 10.1. The lowest BCUT2D eigenvalue weighted by Gasteiger charge is -2.14. The number of aryl methyl sites for hydroxylation is 1. The Morgan fingerprint density at radius 1 is 1.17 bits per heavy atom. The monoisotopic (exact) mass is 265 g/mol. The molecule has 0 bridgehead atoms. The molecule has 18 heavy (non-hydrogen) atoms. The van der Waals surface area contributed by atoms with E-state index in [1.807, 2.05) is 31.2 Å². The molecule has 1 aromatic carbocycles. The van der Waals surface area contributed by atoms with Gasteiger partial charge < -0.3 is 0 Å². The molecule has 0 spiro atoms. The summed E-state index contributed by atoms with van der Waals surface area (Å²) in [5.41, 5.74) is 1.89. The molecule has 1 heterocycles. The first-order valence-corrected chi connectivity index (χ1v) is 6.86. The predicted molar refractivity (Wildman–Crippen MR) is 70.4 cm³/mol. The van der Waals surface area contributed by atoms with Crippen LogP contribution in [-0.2, 0) is 10.2 Å². The third-order valence-corrected chi connectivity index (χ3v) is 4.34. The maximum Gasteiger partial charge on any atom is 0.308 e. The van der Waals surface area contributed by atoms with Crippen molar-refractivity contribution in [3.05, 3.63) is 42.2 Å². The second kappa shape index (κ2) is 4.55. The van der Waals surface area contributed by atoms with Crippen molar-refractivity contribution in [2.45, 2.75) is 6.92 Å². The highest BCUT2D eigenvalue weighted by molar-refractivity contribution is 7.87. The smallest absolute Gasteiger partial charge is 0.236 e. The molecule has 0 amide bonds. The molecule has 2 rings (SSSR count). The minimum Gasteiger partial charge on any atom is -0.236 e. The number of imidazole rings is 1.